The third-order valence-electron chi connectivity index (χ3n) is 10.6. The highest BCUT2D eigenvalue weighted by Gasteiger charge is 2.46. The standard InChI is InChI=1S/C42H34N4O/c1-41(2)37-13-8-12-35-34-19-18-32(25-36(34)40-43-26-38(42(41,3)4)46(40)39(35)37)47-33-23-30(22-31(24-33)45-21-9-20-44-45)29-16-14-28(15-17-29)27-10-6-5-7-11-27/h5-26H,1-4H3. The summed E-state index contributed by atoms with van der Waals surface area (Å²) in [6.07, 6.45) is 5.82. The van der Waals surface area contributed by atoms with Gasteiger partial charge < -0.3 is 4.74 Å². The third kappa shape index (κ3) is 4.09. The molecule has 47 heavy (non-hydrogen) atoms. The maximum Gasteiger partial charge on any atom is 0.145 e. The first-order chi connectivity index (χ1) is 22.8. The Kier molecular flexibility index (Phi) is 5.82. The number of imidazole rings is 1. The Morgan fingerprint density at radius 3 is 2.13 bits per heavy atom. The highest BCUT2D eigenvalue weighted by molar-refractivity contribution is 6.13. The van der Waals surface area contributed by atoms with Crippen molar-refractivity contribution in [2.75, 3.05) is 0 Å². The molecule has 0 atom stereocenters. The van der Waals surface area contributed by atoms with Gasteiger partial charge in [0.25, 0.3) is 0 Å². The van der Waals surface area contributed by atoms with Gasteiger partial charge in [0, 0.05) is 52.0 Å². The Morgan fingerprint density at radius 1 is 0.596 bits per heavy atom. The maximum absolute atomic E-state index is 6.68. The molecule has 0 amide bonds. The third-order valence-corrected chi connectivity index (χ3v) is 10.6. The molecule has 5 nitrogen and oxygen atoms in total. The normalized spacial score (nSPS) is 14.7. The second-order valence-corrected chi connectivity index (χ2v) is 13.7. The van der Waals surface area contributed by atoms with Gasteiger partial charge in [0.2, 0.25) is 0 Å². The van der Waals surface area contributed by atoms with Crippen molar-refractivity contribution >= 4 is 27.3 Å². The monoisotopic (exact) mass is 610 g/mol. The minimum Gasteiger partial charge on any atom is -0.457 e. The van der Waals surface area contributed by atoms with Gasteiger partial charge in [0.15, 0.2) is 0 Å². The van der Waals surface area contributed by atoms with Crippen LogP contribution in [-0.2, 0) is 10.8 Å². The first-order valence-electron chi connectivity index (χ1n) is 16.2. The molecule has 0 unspecified atom stereocenters. The van der Waals surface area contributed by atoms with E-state index in [-0.39, 0.29) is 10.8 Å². The number of nitrogens with zero attached hydrogens (tertiary/aromatic N) is 4. The van der Waals surface area contributed by atoms with E-state index in [2.05, 4.69) is 140 Å². The second kappa shape index (κ2) is 9.91. The van der Waals surface area contributed by atoms with Gasteiger partial charge in [-0.05, 0) is 69.6 Å². The topological polar surface area (TPSA) is 44.3 Å². The molecule has 0 radical (unpaired) electrons. The van der Waals surface area contributed by atoms with Crippen molar-refractivity contribution in [1.82, 2.24) is 19.2 Å². The average Bonchev–Trinajstić information content (AvgIpc) is 3.80. The molecule has 1 aliphatic rings. The van der Waals surface area contributed by atoms with Gasteiger partial charge in [0.1, 0.15) is 17.1 Å². The molecule has 0 aliphatic carbocycles. The van der Waals surface area contributed by atoms with Crippen LogP contribution in [0.1, 0.15) is 39.0 Å². The molecule has 0 saturated carbocycles. The van der Waals surface area contributed by atoms with Crippen LogP contribution in [0.15, 0.2) is 134 Å². The summed E-state index contributed by atoms with van der Waals surface area (Å²) >= 11 is 0. The Hall–Kier alpha value is -5.68. The van der Waals surface area contributed by atoms with E-state index < -0.39 is 0 Å². The largest absolute Gasteiger partial charge is 0.457 e. The fraction of sp³-hybridized carbons (Fsp3) is 0.143. The lowest BCUT2D eigenvalue weighted by Gasteiger charge is -2.45. The van der Waals surface area contributed by atoms with Gasteiger partial charge in [-0.2, -0.15) is 5.10 Å². The summed E-state index contributed by atoms with van der Waals surface area (Å²) in [4.78, 5) is 5.04. The van der Waals surface area contributed by atoms with Crippen molar-refractivity contribution < 1.29 is 4.74 Å². The zero-order valence-electron chi connectivity index (χ0n) is 26.9. The van der Waals surface area contributed by atoms with E-state index in [0.717, 1.165) is 39.3 Å². The predicted molar refractivity (Wildman–Crippen MR) is 191 cm³/mol. The Labute approximate surface area is 273 Å². The number of hydrogen-bond acceptors (Lipinski definition) is 3. The molecule has 0 bridgehead atoms. The number of fused-ring (bicyclic) bond motifs is 3. The number of para-hydroxylation sites is 1. The molecule has 3 aromatic heterocycles. The van der Waals surface area contributed by atoms with Crippen molar-refractivity contribution in [2.24, 2.45) is 0 Å². The molecule has 9 rings (SSSR count). The Balaban J connectivity index is 1.17. The van der Waals surface area contributed by atoms with Gasteiger partial charge in [-0.25, -0.2) is 9.67 Å². The Morgan fingerprint density at radius 2 is 1.36 bits per heavy atom. The van der Waals surface area contributed by atoms with Crippen molar-refractivity contribution in [3.05, 3.63) is 145 Å². The summed E-state index contributed by atoms with van der Waals surface area (Å²) in [5.74, 6) is 1.51. The average molecular weight is 611 g/mol. The lowest BCUT2D eigenvalue weighted by Crippen LogP contribution is -2.44. The molecule has 1 aliphatic heterocycles. The molecule has 0 fully saturated rings. The van der Waals surface area contributed by atoms with Crippen LogP contribution in [-0.4, -0.2) is 19.2 Å². The van der Waals surface area contributed by atoms with Gasteiger partial charge in [-0.1, -0.05) is 100 Å². The highest BCUT2D eigenvalue weighted by Crippen LogP contribution is 2.51. The summed E-state index contributed by atoms with van der Waals surface area (Å²) in [6.45, 7) is 9.38. The van der Waals surface area contributed by atoms with Crippen molar-refractivity contribution in [3.63, 3.8) is 0 Å². The maximum atomic E-state index is 6.68. The Bertz CT molecular complexity index is 2470. The van der Waals surface area contributed by atoms with Crippen molar-refractivity contribution in [3.8, 4) is 39.4 Å². The first kappa shape index (κ1) is 27.6. The summed E-state index contributed by atoms with van der Waals surface area (Å²) in [5.41, 5.74) is 10.2. The van der Waals surface area contributed by atoms with Crippen LogP contribution in [0.4, 0.5) is 0 Å². The molecule has 0 spiro atoms. The van der Waals surface area contributed by atoms with Crippen molar-refractivity contribution in [1.29, 1.82) is 0 Å². The molecule has 0 N–H and O–H groups in total. The van der Waals surface area contributed by atoms with Crippen LogP contribution in [0.25, 0.3) is 55.3 Å². The minimum atomic E-state index is -0.0991. The number of benzene rings is 5. The van der Waals surface area contributed by atoms with E-state index in [9.17, 15) is 0 Å². The first-order valence-corrected chi connectivity index (χ1v) is 16.2. The highest BCUT2D eigenvalue weighted by atomic mass is 16.5. The van der Waals surface area contributed by atoms with E-state index in [0.29, 0.717) is 0 Å². The zero-order chi connectivity index (χ0) is 31.9. The molecular formula is C42H34N4O. The van der Waals surface area contributed by atoms with Crippen LogP contribution in [0.3, 0.4) is 0 Å². The van der Waals surface area contributed by atoms with E-state index in [1.165, 1.54) is 38.7 Å². The van der Waals surface area contributed by atoms with Gasteiger partial charge >= 0.3 is 0 Å². The lowest BCUT2D eigenvalue weighted by molar-refractivity contribution is 0.288. The summed E-state index contributed by atoms with van der Waals surface area (Å²) in [7, 11) is 0. The molecule has 8 aromatic rings. The van der Waals surface area contributed by atoms with Crippen LogP contribution < -0.4 is 4.74 Å². The number of aromatic nitrogens is 4. The number of pyridine rings is 1. The fourth-order valence-electron chi connectivity index (χ4n) is 7.36. The summed E-state index contributed by atoms with van der Waals surface area (Å²) < 4.78 is 10.9. The van der Waals surface area contributed by atoms with Crippen LogP contribution >= 0.6 is 0 Å². The minimum absolute atomic E-state index is 0.0502. The van der Waals surface area contributed by atoms with E-state index >= 15 is 0 Å². The summed E-state index contributed by atoms with van der Waals surface area (Å²) in [6, 6.07) is 40.5. The molecular weight excluding hydrogens is 576 g/mol. The number of ether oxygens (including phenoxy) is 1. The number of hydrogen-bond donors (Lipinski definition) is 0. The predicted octanol–water partition coefficient (Wildman–Crippen LogP) is 10.5. The quantitative estimate of drug-likeness (QED) is 0.182. The molecule has 0 saturated heterocycles. The van der Waals surface area contributed by atoms with Crippen LogP contribution in [0, 0.1) is 0 Å². The van der Waals surface area contributed by atoms with Crippen LogP contribution in [0.5, 0.6) is 11.5 Å². The lowest BCUT2D eigenvalue weighted by atomic mass is 9.61. The molecule has 4 heterocycles. The molecule has 5 aromatic carbocycles. The van der Waals surface area contributed by atoms with Gasteiger partial charge in [0.05, 0.1) is 11.2 Å². The van der Waals surface area contributed by atoms with E-state index in [1.807, 2.05) is 29.1 Å². The second-order valence-electron chi connectivity index (χ2n) is 13.7. The smallest absolute Gasteiger partial charge is 0.145 e. The molecule has 5 heteroatoms. The molecule has 228 valence electrons. The SMILES string of the molecule is CC1(C)c2cccc3c4ccc(Oc5cc(-c6ccc(-c7ccccc7)cc6)cc(-n6cccn6)c5)cc4c4ncc(n4c23)C1(C)C. The van der Waals surface area contributed by atoms with Gasteiger partial charge in [-0.3, -0.25) is 4.40 Å². The summed E-state index contributed by atoms with van der Waals surface area (Å²) in [5, 5.41) is 8.01. The fourth-order valence-corrected chi connectivity index (χ4v) is 7.36. The van der Waals surface area contributed by atoms with Crippen LogP contribution in [0.2, 0.25) is 0 Å². The zero-order valence-corrected chi connectivity index (χ0v) is 26.9. The van der Waals surface area contributed by atoms with E-state index in [1.54, 1.807) is 6.20 Å². The van der Waals surface area contributed by atoms with E-state index in [4.69, 9.17) is 9.72 Å². The van der Waals surface area contributed by atoms with Gasteiger partial charge in [-0.15, -0.1) is 0 Å². The van der Waals surface area contributed by atoms with Crippen molar-refractivity contribution in [2.45, 2.75) is 38.5 Å². The number of rotatable bonds is 5.